The summed E-state index contributed by atoms with van der Waals surface area (Å²) in [6.07, 6.45) is 5.15. The maximum Gasteiger partial charge on any atom is 0.269 e. The average Bonchev–Trinajstić information content (AvgIpc) is 3.75. The molecule has 46 heavy (non-hydrogen) atoms. The molecule has 13 nitrogen and oxygen atoms in total. The van der Waals surface area contributed by atoms with Gasteiger partial charge >= 0.3 is 0 Å². The lowest BCUT2D eigenvalue weighted by Crippen LogP contribution is -2.43. The van der Waals surface area contributed by atoms with Crippen LogP contribution < -0.4 is 31.4 Å². The highest BCUT2D eigenvalue weighted by Crippen LogP contribution is 2.35. The van der Waals surface area contributed by atoms with Crippen molar-refractivity contribution in [1.82, 2.24) is 20.4 Å². The molecule has 0 fully saturated rings. The number of nitrogens with zero attached hydrogens (tertiary/aromatic N) is 4. The van der Waals surface area contributed by atoms with Crippen LogP contribution in [0.2, 0.25) is 0 Å². The monoisotopic (exact) mass is 621 g/mol. The molecule has 13 heteroatoms. The molecular formula is C33H31N7O6. The second-order valence-electron chi connectivity index (χ2n) is 11.1. The van der Waals surface area contributed by atoms with Gasteiger partial charge in [0.05, 0.1) is 24.3 Å². The zero-order chi connectivity index (χ0) is 32.6. The molecule has 234 valence electrons. The molecule has 1 unspecified atom stereocenters. The molecule has 3 aliphatic heterocycles. The first kappa shape index (κ1) is 30.2. The number of carbonyl (C=O) groups is 2. The molecule has 5 heterocycles. The number of nitrogens with two attached hydrogens (primary N) is 2. The van der Waals surface area contributed by atoms with E-state index in [4.69, 9.17) is 25.5 Å². The molecule has 0 bridgehead atoms. The minimum absolute atomic E-state index is 0.0219. The van der Waals surface area contributed by atoms with Crippen molar-refractivity contribution < 1.29 is 28.7 Å². The van der Waals surface area contributed by atoms with Crippen molar-refractivity contribution >= 4 is 17.5 Å². The predicted octanol–water partition coefficient (Wildman–Crippen LogP) is 2.68. The van der Waals surface area contributed by atoms with Crippen molar-refractivity contribution in [3.63, 3.8) is 0 Å². The zero-order valence-electron chi connectivity index (χ0n) is 25.2. The summed E-state index contributed by atoms with van der Waals surface area (Å²) in [6.45, 7) is 5.73. The third-order valence-electron chi connectivity index (χ3n) is 7.46. The van der Waals surface area contributed by atoms with Crippen molar-refractivity contribution in [1.29, 1.82) is 0 Å². The van der Waals surface area contributed by atoms with Crippen LogP contribution in [0.4, 0.5) is 5.69 Å². The van der Waals surface area contributed by atoms with E-state index in [-0.39, 0.29) is 11.6 Å². The summed E-state index contributed by atoms with van der Waals surface area (Å²) >= 11 is 0. The van der Waals surface area contributed by atoms with Crippen LogP contribution in [-0.2, 0) is 10.4 Å². The fourth-order valence-electron chi connectivity index (χ4n) is 5.00. The van der Waals surface area contributed by atoms with Gasteiger partial charge < -0.3 is 30.6 Å². The number of primary amides is 2. The summed E-state index contributed by atoms with van der Waals surface area (Å²) in [4.78, 5) is 22.8. The highest BCUT2D eigenvalue weighted by Gasteiger charge is 2.29. The number of aromatic nitrogens is 3. The lowest BCUT2D eigenvalue weighted by atomic mass is 10.0. The van der Waals surface area contributed by atoms with E-state index in [1.807, 2.05) is 31.2 Å². The molecule has 3 aliphatic rings. The Morgan fingerprint density at radius 2 is 1.91 bits per heavy atom. The summed E-state index contributed by atoms with van der Waals surface area (Å²) in [5, 5.41) is 20.6. The lowest BCUT2D eigenvalue weighted by molar-refractivity contribution is -0.118. The van der Waals surface area contributed by atoms with Crippen molar-refractivity contribution in [3.05, 3.63) is 107 Å². The van der Waals surface area contributed by atoms with Crippen molar-refractivity contribution in [2.75, 3.05) is 11.6 Å². The number of hydrogen-bond donors (Lipinski definition) is 4. The highest BCUT2D eigenvalue weighted by molar-refractivity contribution is 5.91. The summed E-state index contributed by atoms with van der Waals surface area (Å²) in [7, 11) is 0. The highest BCUT2D eigenvalue weighted by atomic mass is 16.5. The molecule has 0 spiro atoms. The van der Waals surface area contributed by atoms with Gasteiger partial charge in [-0.1, -0.05) is 36.1 Å². The maximum atomic E-state index is 11.6. The van der Waals surface area contributed by atoms with Gasteiger partial charge in [-0.2, -0.15) is 5.10 Å². The smallest absolute Gasteiger partial charge is 0.269 e. The molecule has 0 aliphatic carbocycles. The minimum Gasteiger partial charge on any atom is -0.491 e. The molecule has 7 rings (SSSR count). The Morgan fingerprint density at radius 3 is 2.65 bits per heavy atom. The van der Waals surface area contributed by atoms with Gasteiger partial charge in [-0.25, -0.2) is 10.1 Å². The first-order valence-corrected chi connectivity index (χ1v) is 14.4. The second-order valence-corrected chi connectivity index (χ2v) is 11.1. The minimum atomic E-state index is -1.47. The van der Waals surface area contributed by atoms with Crippen LogP contribution in [0.5, 0.6) is 11.5 Å². The number of nitrogens with one attached hydrogen (secondary N) is 1. The number of aryl methyl sites for hydroxylation is 1. The van der Waals surface area contributed by atoms with Gasteiger partial charge in [0.2, 0.25) is 5.91 Å². The van der Waals surface area contributed by atoms with Crippen LogP contribution >= 0.6 is 0 Å². The van der Waals surface area contributed by atoms with Gasteiger partial charge in [-0.05, 0) is 62.4 Å². The normalized spacial score (nSPS) is 18.5. The molecule has 2 aromatic carbocycles. The average molecular weight is 622 g/mol. The molecule has 6 N–H and O–H groups in total. The van der Waals surface area contributed by atoms with E-state index >= 15 is 0 Å². The number of ether oxygens (including phenoxy) is 2. The van der Waals surface area contributed by atoms with Crippen LogP contribution in [0.3, 0.4) is 0 Å². The predicted molar refractivity (Wildman–Crippen MR) is 167 cm³/mol. The first-order valence-electron chi connectivity index (χ1n) is 14.4. The number of hydrazine groups is 1. The Labute approximate surface area is 264 Å². The molecule has 2 amide bonds. The second kappa shape index (κ2) is 11.9. The van der Waals surface area contributed by atoms with E-state index < -0.39 is 23.5 Å². The quantitative estimate of drug-likeness (QED) is 0.248. The lowest BCUT2D eigenvalue weighted by Gasteiger charge is -2.21. The number of rotatable bonds is 3. The van der Waals surface area contributed by atoms with E-state index in [2.05, 4.69) is 27.5 Å². The summed E-state index contributed by atoms with van der Waals surface area (Å²) < 4.78 is 18.0. The molecule has 0 radical (unpaired) electrons. The Hall–Kier alpha value is -5.84. The molecule has 2 aromatic heterocycles. The SMILES string of the molecule is Cc1cc([C@@](C)(O)C#Cc2ccc3c(c2)-n2nc(C(N)=O)cc2[C@H](C)CO3)no1.NC(=O)C1C=C2C=COc3ccccc3N2N1. The zero-order valence-corrected chi connectivity index (χ0v) is 25.2. The standard InChI is InChI=1S/C21H20N4O4.C12H11N3O2/c1-12-11-28-18-5-4-14(6-7-21(3,27)19-8-13(2)29-24-19)9-17(18)25-16(12)10-15(23-25)20(22)26;13-12(16)9-7-8-5-6-17-11-4-2-1-3-10(11)15(8)14-9/h4-5,8-10,12,27H,11H2,1-3H3,(H2,22,26);1-7,9,14H,(H2,13,16)/t12-,21+;/m1./s1. The largest absolute Gasteiger partial charge is 0.491 e. The topological polar surface area (TPSA) is 184 Å². The van der Waals surface area contributed by atoms with Gasteiger partial charge in [0.25, 0.3) is 5.91 Å². The van der Waals surface area contributed by atoms with Crippen molar-refractivity contribution in [3.8, 4) is 29.0 Å². The number of fused-ring (bicyclic) bond motifs is 6. The van der Waals surface area contributed by atoms with Crippen LogP contribution in [0, 0.1) is 18.8 Å². The Balaban J connectivity index is 0.000000185. The van der Waals surface area contributed by atoms with E-state index in [0.717, 1.165) is 22.8 Å². The number of para-hydroxylation sites is 2. The van der Waals surface area contributed by atoms with Crippen molar-refractivity contribution in [2.24, 2.45) is 11.5 Å². The molecule has 0 saturated carbocycles. The fraction of sp³-hybridized carbons (Fsp3) is 0.212. The summed E-state index contributed by atoms with van der Waals surface area (Å²) in [6, 6.07) is 15.8. The number of carbonyl (C=O) groups excluding carboxylic acids is 2. The molecule has 3 atom stereocenters. The Morgan fingerprint density at radius 1 is 1.11 bits per heavy atom. The number of aliphatic hydroxyl groups is 1. The fourth-order valence-corrected chi connectivity index (χ4v) is 5.00. The van der Waals surface area contributed by atoms with E-state index in [9.17, 15) is 14.7 Å². The first-order chi connectivity index (χ1) is 22.0. The number of anilines is 1. The number of amides is 2. The molecule has 0 saturated heterocycles. The van der Waals surface area contributed by atoms with Gasteiger partial charge in [0, 0.05) is 17.5 Å². The molecule has 4 aromatic rings. The number of hydrogen-bond acceptors (Lipinski definition) is 10. The Kier molecular flexibility index (Phi) is 7.83. The van der Waals surface area contributed by atoms with Gasteiger partial charge in [0.1, 0.15) is 34.6 Å². The number of allylic oxidation sites excluding steroid dienone is 1. The van der Waals surface area contributed by atoms with Gasteiger partial charge in [0.15, 0.2) is 17.0 Å². The number of benzene rings is 2. The Bertz CT molecular complexity index is 1960. The van der Waals surface area contributed by atoms with E-state index in [1.54, 1.807) is 72.3 Å². The van der Waals surface area contributed by atoms with E-state index in [1.165, 1.54) is 0 Å². The maximum absolute atomic E-state index is 11.6. The third-order valence-corrected chi connectivity index (χ3v) is 7.46. The molecular weight excluding hydrogens is 590 g/mol. The van der Waals surface area contributed by atoms with Crippen molar-refractivity contribution in [2.45, 2.75) is 38.3 Å². The third kappa shape index (κ3) is 5.94. The summed E-state index contributed by atoms with van der Waals surface area (Å²) in [5.41, 5.74) is 16.6. The van der Waals surface area contributed by atoms with E-state index in [0.29, 0.717) is 35.1 Å². The van der Waals surface area contributed by atoms with Gasteiger partial charge in [-0.15, -0.1) is 0 Å². The van der Waals surface area contributed by atoms with Crippen LogP contribution in [0.25, 0.3) is 5.69 Å². The van der Waals surface area contributed by atoms with Gasteiger partial charge in [-0.3, -0.25) is 14.6 Å². The van der Waals surface area contributed by atoms with Crippen LogP contribution in [0.15, 0.2) is 83.2 Å². The summed E-state index contributed by atoms with van der Waals surface area (Å²) in [5.74, 6) is 6.76. The van der Waals surface area contributed by atoms with Crippen LogP contribution in [0.1, 0.15) is 53.0 Å². The van der Waals surface area contributed by atoms with Crippen LogP contribution in [-0.4, -0.2) is 44.5 Å².